The minimum Gasteiger partial charge on any atom is -0.482 e. The number of rotatable bonds is 7. The van der Waals surface area contributed by atoms with Crippen molar-refractivity contribution in [3.05, 3.63) is 42.5 Å². The van der Waals surface area contributed by atoms with E-state index in [0.29, 0.717) is 12.3 Å². The van der Waals surface area contributed by atoms with E-state index >= 15 is 0 Å². The Morgan fingerprint density at radius 3 is 2.76 bits per heavy atom. The van der Waals surface area contributed by atoms with Crippen molar-refractivity contribution in [1.82, 2.24) is 5.32 Å². The average molecular weight is 343 g/mol. The zero-order valence-electron chi connectivity index (χ0n) is 13.9. The molecular formula is C19H21NO5. The lowest BCUT2D eigenvalue weighted by molar-refractivity contribution is -0.150. The van der Waals surface area contributed by atoms with Crippen molar-refractivity contribution in [3.8, 4) is 5.75 Å². The molecule has 1 atom stereocenters. The Kier molecular flexibility index (Phi) is 5.85. The molecule has 2 aromatic rings. The van der Waals surface area contributed by atoms with Crippen LogP contribution in [0.5, 0.6) is 5.75 Å². The van der Waals surface area contributed by atoms with E-state index in [-0.39, 0.29) is 25.2 Å². The summed E-state index contributed by atoms with van der Waals surface area (Å²) in [5.41, 5.74) is 0. The molecule has 0 bridgehead atoms. The smallest absolute Gasteiger partial charge is 0.344 e. The van der Waals surface area contributed by atoms with Gasteiger partial charge < -0.3 is 19.5 Å². The quantitative estimate of drug-likeness (QED) is 0.779. The fourth-order valence-corrected chi connectivity index (χ4v) is 2.67. The van der Waals surface area contributed by atoms with Crippen LogP contribution in [0.4, 0.5) is 0 Å². The van der Waals surface area contributed by atoms with E-state index in [0.717, 1.165) is 30.2 Å². The van der Waals surface area contributed by atoms with E-state index in [9.17, 15) is 9.59 Å². The summed E-state index contributed by atoms with van der Waals surface area (Å²) < 4.78 is 15.7. The number of fused-ring (bicyclic) bond motifs is 1. The maximum absolute atomic E-state index is 11.7. The highest BCUT2D eigenvalue weighted by atomic mass is 16.6. The standard InChI is InChI=1S/C19H21NO5/c21-18(20-11-17-6-3-9-23-17)12-25-19(22)13-24-16-8-7-14-4-1-2-5-15(14)10-16/h1-2,4-5,7-8,10,17H,3,6,9,11-13H2,(H,20,21)/t17-/m1/s1. The number of carbonyl (C=O) groups is 2. The molecule has 2 aromatic carbocycles. The van der Waals surface area contributed by atoms with E-state index in [1.54, 1.807) is 6.07 Å². The van der Waals surface area contributed by atoms with Crippen LogP contribution in [0, 0.1) is 0 Å². The van der Waals surface area contributed by atoms with Gasteiger partial charge in [-0.05, 0) is 35.7 Å². The summed E-state index contributed by atoms with van der Waals surface area (Å²) in [5, 5.41) is 4.82. The molecule has 0 aliphatic carbocycles. The number of hydrogen-bond acceptors (Lipinski definition) is 5. The molecule has 1 N–H and O–H groups in total. The number of hydrogen-bond donors (Lipinski definition) is 1. The molecule has 0 radical (unpaired) electrons. The lowest BCUT2D eigenvalue weighted by Gasteiger charge is -2.11. The van der Waals surface area contributed by atoms with Crippen LogP contribution < -0.4 is 10.1 Å². The first kappa shape index (κ1) is 17.2. The van der Waals surface area contributed by atoms with Gasteiger partial charge in [0.05, 0.1) is 6.10 Å². The van der Waals surface area contributed by atoms with Crippen molar-refractivity contribution >= 4 is 22.6 Å². The van der Waals surface area contributed by atoms with E-state index < -0.39 is 5.97 Å². The molecule has 25 heavy (non-hydrogen) atoms. The van der Waals surface area contributed by atoms with Crippen LogP contribution in [0.3, 0.4) is 0 Å². The van der Waals surface area contributed by atoms with Crippen LogP contribution in [0.15, 0.2) is 42.5 Å². The van der Waals surface area contributed by atoms with Crippen molar-refractivity contribution in [1.29, 1.82) is 0 Å². The number of amides is 1. The molecule has 1 amide bonds. The molecule has 0 aromatic heterocycles. The summed E-state index contributed by atoms with van der Waals surface area (Å²) in [4.78, 5) is 23.3. The third kappa shape index (κ3) is 5.19. The van der Waals surface area contributed by atoms with Gasteiger partial charge in [-0.2, -0.15) is 0 Å². The summed E-state index contributed by atoms with van der Waals surface area (Å²) in [7, 11) is 0. The highest BCUT2D eigenvalue weighted by Gasteiger charge is 2.16. The zero-order valence-corrected chi connectivity index (χ0v) is 13.9. The molecule has 1 fully saturated rings. The molecule has 1 aliphatic rings. The average Bonchev–Trinajstić information content (AvgIpc) is 3.16. The molecule has 0 unspecified atom stereocenters. The van der Waals surface area contributed by atoms with Gasteiger partial charge in [-0.15, -0.1) is 0 Å². The van der Waals surface area contributed by atoms with Gasteiger partial charge in [0, 0.05) is 13.2 Å². The molecule has 1 heterocycles. The monoisotopic (exact) mass is 343 g/mol. The van der Waals surface area contributed by atoms with E-state index in [1.165, 1.54) is 0 Å². The molecular weight excluding hydrogens is 322 g/mol. The molecule has 3 rings (SSSR count). The third-order valence-corrected chi connectivity index (χ3v) is 3.99. The first-order valence-corrected chi connectivity index (χ1v) is 8.36. The first-order chi connectivity index (χ1) is 12.2. The Balaban J connectivity index is 1.37. The fourth-order valence-electron chi connectivity index (χ4n) is 2.67. The molecule has 6 nitrogen and oxygen atoms in total. The van der Waals surface area contributed by atoms with Crippen LogP contribution in [0.1, 0.15) is 12.8 Å². The van der Waals surface area contributed by atoms with Gasteiger partial charge in [0.1, 0.15) is 5.75 Å². The Hall–Kier alpha value is -2.60. The number of benzene rings is 2. The molecule has 6 heteroatoms. The Morgan fingerprint density at radius 1 is 1.12 bits per heavy atom. The van der Waals surface area contributed by atoms with Crippen LogP contribution >= 0.6 is 0 Å². The Morgan fingerprint density at radius 2 is 1.96 bits per heavy atom. The summed E-state index contributed by atoms with van der Waals surface area (Å²) in [6, 6.07) is 13.5. The second-order valence-electron chi connectivity index (χ2n) is 5.90. The predicted octanol–water partition coefficient (Wildman–Crippen LogP) is 2.06. The van der Waals surface area contributed by atoms with Crippen molar-refractivity contribution in [2.75, 3.05) is 26.4 Å². The fraction of sp³-hybridized carbons (Fsp3) is 0.368. The van der Waals surface area contributed by atoms with Crippen molar-refractivity contribution in [3.63, 3.8) is 0 Å². The van der Waals surface area contributed by atoms with E-state index in [4.69, 9.17) is 14.2 Å². The van der Waals surface area contributed by atoms with Crippen molar-refractivity contribution < 1.29 is 23.8 Å². The maximum Gasteiger partial charge on any atom is 0.344 e. The van der Waals surface area contributed by atoms with Gasteiger partial charge in [-0.25, -0.2) is 4.79 Å². The van der Waals surface area contributed by atoms with Gasteiger partial charge in [0.25, 0.3) is 5.91 Å². The van der Waals surface area contributed by atoms with Crippen LogP contribution in [-0.2, 0) is 19.1 Å². The predicted molar refractivity (Wildman–Crippen MR) is 92.4 cm³/mol. The summed E-state index contributed by atoms with van der Waals surface area (Å²) in [5.74, 6) is -0.339. The van der Waals surface area contributed by atoms with Gasteiger partial charge in [-0.1, -0.05) is 30.3 Å². The molecule has 0 spiro atoms. The van der Waals surface area contributed by atoms with Crippen LogP contribution in [-0.4, -0.2) is 44.3 Å². The minimum atomic E-state index is -0.583. The third-order valence-electron chi connectivity index (χ3n) is 3.99. The van der Waals surface area contributed by atoms with E-state index in [2.05, 4.69) is 5.32 Å². The minimum absolute atomic E-state index is 0.0656. The normalized spacial score (nSPS) is 16.6. The molecule has 0 saturated carbocycles. The van der Waals surface area contributed by atoms with Gasteiger partial charge in [0.2, 0.25) is 0 Å². The number of ether oxygens (including phenoxy) is 3. The largest absolute Gasteiger partial charge is 0.482 e. The zero-order chi connectivity index (χ0) is 17.5. The number of esters is 1. The SMILES string of the molecule is O=C(COC(=O)COc1ccc2ccccc2c1)NC[C@H]1CCCO1. The van der Waals surface area contributed by atoms with Crippen molar-refractivity contribution in [2.24, 2.45) is 0 Å². The van der Waals surface area contributed by atoms with Crippen LogP contribution in [0.2, 0.25) is 0 Å². The summed E-state index contributed by atoms with van der Waals surface area (Å²) in [6.07, 6.45) is 2.03. The second kappa shape index (κ2) is 8.48. The second-order valence-corrected chi connectivity index (χ2v) is 5.90. The first-order valence-electron chi connectivity index (χ1n) is 8.36. The van der Waals surface area contributed by atoms with Gasteiger partial charge in [0.15, 0.2) is 13.2 Å². The topological polar surface area (TPSA) is 73.9 Å². The number of carbonyl (C=O) groups excluding carboxylic acids is 2. The van der Waals surface area contributed by atoms with Crippen molar-refractivity contribution in [2.45, 2.75) is 18.9 Å². The highest BCUT2D eigenvalue weighted by molar-refractivity contribution is 5.84. The summed E-state index contributed by atoms with van der Waals surface area (Å²) >= 11 is 0. The van der Waals surface area contributed by atoms with Gasteiger partial charge in [-0.3, -0.25) is 4.79 Å². The highest BCUT2D eigenvalue weighted by Crippen LogP contribution is 2.20. The lowest BCUT2D eigenvalue weighted by atomic mass is 10.1. The Labute approximate surface area is 146 Å². The van der Waals surface area contributed by atoms with Gasteiger partial charge >= 0.3 is 5.97 Å². The van der Waals surface area contributed by atoms with Crippen LogP contribution in [0.25, 0.3) is 10.8 Å². The summed E-state index contributed by atoms with van der Waals surface area (Å²) in [6.45, 7) is 0.635. The number of nitrogens with one attached hydrogen (secondary N) is 1. The molecule has 132 valence electrons. The Bertz CT molecular complexity index is 739. The lowest BCUT2D eigenvalue weighted by Crippen LogP contribution is -2.35. The molecule has 1 saturated heterocycles. The maximum atomic E-state index is 11.7. The van der Waals surface area contributed by atoms with E-state index in [1.807, 2.05) is 36.4 Å². The molecule has 1 aliphatic heterocycles.